The highest BCUT2D eigenvalue weighted by Gasteiger charge is 2.15. The van der Waals surface area contributed by atoms with Crippen LogP contribution in [0.25, 0.3) is 0 Å². The number of nitrogens with one attached hydrogen (secondary N) is 1. The van der Waals surface area contributed by atoms with Gasteiger partial charge in [-0.05, 0) is 58.0 Å². The fourth-order valence-corrected chi connectivity index (χ4v) is 2.42. The van der Waals surface area contributed by atoms with E-state index >= 15 is 0 Å². The average Bonchev–Trinajstić information content (AvgIpc) is 2.65. The molecule has 1 N–H and O–H groups in total. The first-order valence-electron chi connectivity index (χ1n) is 6.18. The van der Waals surface area contributed by atoms with E-state index in [1.54, 1.807) is 0 Å². The average molecular weight is 222 g/mol. The maximum Gasteiger partial charge on any atom is 0.118 e. The van der Waals surface area contributed by atoms with Gasteiger partial charge in [0.25, 0.3) is 0 Å². The zero-order chi connectivity index (χ0) is 11.4. The third kappa shape index (κ3) is 3.35. The normalized spacial score (nSPS) is 21.6. The van der Waals surface area contributed by atoms with E-state index in [0.717, 1.165) is 30.5 Å². The van der Waals surface area contributed by atoms with Gasteiger partial charge in [-0.25, -0.2) is 0 Å². The van der Waals surface area contributed by atoms with E-state index in [0.29, 0.717) is 0 Å². The molecule has 1 aromatic rings. The molecular weight excluding hydrogens is 200 g/mol. The molecule has 0 bridgehead atoms. The molecule has 1 aromatic heterocycles. The Balaban J connectivity index is 1.77. The number of nitrogens with zero attached hydrogens (tertiary/aromatic N) is 1. The summed E-state index contributed by atoms with van der Waals surface area (Å²) in [5, 5.41) is 3.46. The fourth-order valence-electron chi connectivity index (χ4n) is 2.42. The van der Waals surface area contributed by atoms with Gasteiger partial charge in [0.15, 0.2) is 0 Å². The largest absolute Gasteiger partial charge is 0.465 e. The Bertz CT molecular complexity index is 315. The maximum atomic E-state index is 5.59. The summed E-state index contributed by atoms with van der Waals surface area (Å²) in [7, 11) is 2.17. The third-order valence-electron chi connectivity index (χ3n) is 3.19. The Morgan fingerprint density at radius 1 is 1.50 bits per heavy atom. The number of hydrogen-bond donors (Lipinski definition) is 1. The van der Waals surface area contributed by atoms with Crippen LogP contribution in [0, 0.1) is 12.8 Å². The smallest absolute Gasteiger partial charge is 0.118 e. The first kappa shape index (κ1) is 11.7. The van der Waals surface area contributed by atoms with Crippen LogP contribution in [0.2, 0.25) is 0 Å². The molecule has 16 heavy (non-hydrogen) atoms. The van der Waals surface area contributed by atoms with Gasteiger partial charge in [-0.15, -0.1) is 0 Å². The maximum absolute atomic E-state index is 5.59. The molecule has 1 unspecified atom stereocenters. The lowest BCUT2D eigenvalue weighted by Crippen LogP contribution is -2.36. The van der Waals surface area contributed by atoms with Gasteiger partial charge in [0.2, 0.25) is 0 Å². The molecule has 1 fully saturated rings. The SMILES string of the molecule is Cc1ccc(CN(C)CC2CCCNC2)o1. The predicted molar refractivity (Wildman–Crippen MR) is 65.4 cm³/mol. The minimum atomic E-state index is 0.801. The van der Waals surface area contributed by atoms with Crippen LogP contribution in [-0.2, 0) is 6.54 Å². The minimum Gasteiger partial charge on any atom is -0.465 e. The summed E-state index contributed by atoms with van der Waals surface area (Å²) in [6, 6.07) is 4.11. The van der Waals surface area contributed by atoms with Gasteiger partial charge in [0.05, 0.1) is 6.54 Å². The lowest BCUT2D eigenvalue weighted by molar-refractivity contribution is 0.223. The van der Waals surface area contributed by atoms with Crippen molar-refractivity contribution in [3.05, 3.63) is 23.7 Å². The third-order valence-corrected chi connectivity index (χ3v) is 3.19. The van der Waals surface area contributed by atoms with E-state index in [1.807, 2.05) is 13.0 Å². The van der Waals surface area contributed by atoms with Crippen molar-refractivity contribution in [2.75, 3.05) is 26.7 Å². The van der Waals surface area contributed by atoms with Gasteiger partial charge in [-0.1, -0.05) is 0 Å². The van der Waals surface area contributed by atoms with Crippen LogP contribution in [0.1, 0.15) is 24.4 Å². The topological polar surface area (TPSA) is 28.4 Å². The Kier molecular flexibility index (Phi) is 4.02. The molecule has 3 heteroatoms. The molecule has 1 aliphatic rings. The second-order valence-corrected chi connectivity index (χ2v) is 4.92. The molecule has 90 valence electrons. The van der Waals surface area contributed by atoms with Gasteiger partial charge < -0.3 is 9.73 Å². The highest BCUT2D eigenvalue weighted by molar-refractivity contribution is 5.05. The number of furan rings is 1. The molecule has 0 saturated carbocycles. The fraction of sp³-hybridized carbons (Fsp3) is 0.692. The van der Waals surface area contributed by atoms with Crippen molar-refractivity contribution in [3.8, 4) is 0 Å². The van der Waals surface area contributed by atoms with Crippen molar-refractivity contribution in [2.45, 2.75) is 26.3 Å². The van der Waals surface area contributed by atoms with Gasteiger partial charge in [-0.3, -0.25) is 4.90 Å². The van der Waals surface area contributed by atoms with Gasteiger partial charge in [-0.2, -0.15) is 0 Å². The highest BCUT2D eigenvalue weighted by atomic mass is 16.3. The van der Waals surface area contributed by atoms with E-state index < -0.39 is 0 Å². The first-order chi connectivity index (χ1) is 7.74. The summed E-state index contributed by atoms with van der Waals surface area (Å²) in [4.78, 5) is 2.36. The van der Waals surface area contributed by atoms with E-state index in [9.17, 15) is 0 Å². The molecule has 0 aliphatic carbocycles. The Hall–Kier alpha value is -0.800. The summed E-state index contributed by atoms with van der Waals surface area (Å²) in [5.74, 6) is 2.88. The molecule has 0 aromatic carbocycles. The van der Waals surface area contributed by atoms with Crippen LogP contribution in [0.5, 0.6) is 0 Å². The van der Waals surface area contributed by atoms with Crippen LogP contribution in [0.3, 0.4) is 0 Å². The van der Waals surface area contributed by atoms with E-state index in [4.69, 9.17) is 4.42 Å². The highest BCUT2D eigenvalue weighted by Crippen LogP contribution is 2.14. The summed E-state index contributed by atoms with van der Waals surface area (Å²) >= 11 is 0. The monoisotopic (exact) mass is 222 g/mol. The van der Waals surface area contributed by atoms with Crippen LogP contribution in [-0.4, -0.2) is 31.6 Å². The Morgan fingerprint density at radius 3 is 3.00 bits per heavy atom. The number of aryl methyl sites for hydroxylation is 1. The van der Waals surface area contributed by atoms with Crippen molar-refractivity contribution < 1.29 is 4.42 Å². The molecule has 1 aliphatic heterocycles. The Morgan fingerprint density at radius 2 is 2.38 bits per heavy atom. The lowest BCUT2D eigenvalue weighted by atomic mass is 9.99. The van der Waals surface area contributed by atoms with Gasteiger partial charge in [0.1, 0.15) is 11.5 Å². The zero-order valence-electron chi connectivity index (χ0n) is 10.3. The molecule has 0 radical (unpaired) electrons. The summed E-state index contributed by atoms with van der Waals surface area (Å²) in [6.07, 6.45) is 2.67. The Labute approximate surface area is 97.8 Å². The van der Waals surface area contributed by atoms with Crippen molar-refractivity contribution >= 4 is 0 Å². The van der Waals surface area contributed by atoms with Crippen molar-refractivity contribution in [1.29, 1.82) is 0 Å². The van der Waals surface area contributed by atoms with Gasteiger partial charge >= 0.3 is 0 Å². The number of hydrogen-bond acceptors (Lipinski definition) is 3. The molecule has 0 amide bonds. The lowest BCUT2D eigenvalue weighted by Gasteiger charge is -2.27. The number of piperidine rings is 1. The van der Waals surface area contributed by atoms with E-state index in [1.165, 1.54) is 25.9 Å². The van der Waals surface area contributed by atoms with Crippen molar-refractivity contribution in [2.24, 2.45) is 5.92 Å². The summed E-state index contributed by atoms with van der Waals surface area (Å²) in [5.41, 5.74) is 0. The van der Waals surface area contributed by atoms with Crippen LogP contribution in [0.4, 0.5) is 0 Å². The molecule has 1 atom stereocenters. The van der Waals surface area contributed by atoms with Crippen molar-refractivity contribution in [3.63, 3.8) is 0 Å². The van der Waals surface area contributed by atoms with E-state index in [-0.39, 0.29) is 0 Å². The molecule has 2 heterocycles. The van der Waals surface area contributed by atoms with Crippen LogP contribution < -0.4 is 5.32 Å². The van der Waals surface area contributed by atoms with Crippen molar-refractivity contribution in [1.82, 2.24) is 10.2 Å². The minimum absolute atomic E-state index is 0.801. The number of rotatable bonds is 4. The predicted octanol–water partition coefficient (Wildman–Crippen LogP) is 2.02. The van der Waals surface area contributed by atoms with Crippen LogP contribution in [0.15, 0.2) is 16.5 Å². The standard InChI is InChI=1S/C13H22N2O/c1-11-5-6-13(16-11)10-15(2)9-12-4-3-7-14-8-12/h5-6,12,14H,3-4,7-10H2,1-2H3. The molecule has 2 rings (SSSR count). The summed E-state index contributed by atoms with van der Waals surface area (Å²) < 4.78 is 5.59. The summed E-state index contributed by atoms with van der Waals surface area (Å²) in [6.45, 7) is 6.44. The zero-order valence-corrected chi connectivity index (χ0v) is 10.3. The second kappa shape index (κ2) is 5.51. The molecule has 3 nitrogen and oxygen atoms in total. The second-order valence-electron chi connectivity index (χ2n) is 4.92. The van der Waals surface area contributed by atoms with E-state index in [2.05, 4.69) is 23.3 Å². The molecule has 1 saturated heterocycles. The molecular formula is C13H22N2O. The molecule has 0 spiro atoms. The quantitative estimate of drug-likeness (QED) is 0.845. The van der Waals surface area contributed by atoms with Crippen LogP contribution >= 0.6 is 0 Å². The first-order valence-corrected chi connectivity index (χ1v) is 6.18. The van der Waals surface area contributed by atoms with Gasteiger partial charge in [0, 0.05) is 6.54 Å².